The first-order valence-corrected chi connectivity index (χ1v) is 5.50. The second-order valence-electron chi connectivity index (χ2n) is 3.67. The second kappa shape index (κ2) is 4.81. The van der Waals surface area contributed by atoms with Crippen LogP contribution in [0, 0.1) is 12.7 Å². The summed E-state index contributed by atoms with van der Waals surface area (Å²) < 4.78 is 14.7. The van der Waals surface area contributed by atoms with E-state index in [9.17, 15) is 4.39 Å². The van der Waals surface area contributed by atoms with Crippen molar-refractivity contribution in [2.24, 2.45) is 0 Å². The van der Waals surface area contributed by atoms with Crippen LogP contribution in [0.4, 0.5) is 4.39 Å². The Morgan fingerprint density at radius 2 is 2.29 bits per heavy atom. The summed E-state index contributed by atoms with van der Waals surface area (Å²) in [5.74, 6) is 0.213. The molecule has 0 aliphatic rings. The zero-order valence-corrected chi connectivity index (χ0v) is 10.3. The Morgan fingerprint density at radius 1 is 1.53 bits per heavy atom. The van der Waals surface area contributed by atoms with Crippen molar-refractivity contribution in [1.82, 2.24) is 20.1 Å². The molecule has 2 aromatic heterocycles. The summed E-state index contributed by atoms with van der Waals surface area (Å²) in [6, 6.07) is 1.43. The lowest BCUT2D eigenvalue weighted by atomic mass is 10.2. The monoisotopic (exact) mass is 254 g/mol. The van der Waals surface area contributed by atoms with E-state index in [1.54, 1.807) is 24.9 Å². The highest BCUT2D eigenvalue weighted by Gasteiger charge is 2.10. The largest absolute Gasteiger partial charge is 0.316 e. The third kappa shape index (κ3) is 2.45. The van der Waals surface area contributed by atoms with Crippen molar-refractivity contribution in [2.75, 3.05) is 7.05 Å². The predicted molar refractivity (Wildman–Crippen MR) is 63.8 cm³/mol. The van der Waals surface area contributed by atoms with E-state index < -0.39 is 0 Å². The third-order valence-corrected chi connectivity index (χ3v) is 2.70. The standard InChI is InChI=1S/C11H12ClFN4/c1-7-10(12)6-17(16-7)11-8(4-14-2)3-9(13)5-15-11/h3,5-6,14H,4H2,1-2H3. The molecule has 0 atom stereocenters. The lowest BCUT2D eigenvalue weighted by molar-refractivity contribution is 0.612. The zero-order chi connectivity index (χ0) is 12.4. The fraction of sp³-hybridized carbons (Fsp3) is 0.273. The zero-order valence-electron chi connectivity index (χ0n) is 9.54. The van der Waals surface area contributed by atoms with Gasteiger partial charge < -0.3 is 5.32 Å². The fourth-order valence-corrected chi connectivity index (χ4v) is 1.68. The molecule has 0 amide bonds. The van der Waals surface area contributed by atoms with E-state index in [0.717, 1.165) is 5.56 Å². The molecule has 0 aliphatic carbocycles. The van der Waals surface area contributed by atoms with E-state index >= 15 is 0 Å². The Hall–Kier alpha value is -1.46. The quantitative estimate of drug-likeness (QED) is 0.912. The minimum absolute atomic E-state index is 0.367. The molecule has 0 bridgehead atoms. The number of halogens is 2. The average molecular weight is 255 g/mol. The number of nitrogens with zero attached hydrogens (tertiary/aromatic N) is 3. The molecule has 0 aromatic carbocycles. The molecule has 2 aromatic rings. The van der Waals surface area contributed by atoms with Crippen molar-refractivity contribution in [1.29, 1.82) is 0 Å². The van der Waals surface area contributed by atoms with Crippen molar-refractivity contribution >= 4 is 11.6 Å². The maximum atomic E-state index is 13.1. The average Bonchev–Trinajstić information content (AvgIpc) is 2.60. The van der Waals surface area contributed by atoms with Gasteiger partial charge in [-0.05, 0) is 20.0 Å². The molecule has 90 valence electrons. The van der Waals surface area contributed by atoms with Crippen LogP contribution in [0.5, 0.6) is 0 Å². The fourth-order valence-electron chi connectivity index (χ4n) is 1.55. The van der Waals surface area contributed by atoms with Crippen molar-refractivity contribution < 1.29 is 4.39 Å². The summed E-state index contributed by atoms with van der Waals surface area (Å²) >= 11 is 5.94. The highest BCUT2D eigenvalue weighted by Crippen LogP contribution is 2.18. The highest BCUT2D eigenvalue weighted by molar-refractivity contribution is 6.31. The number of pyridine rings is 1. The highest BCUT2D eigenvalue weighted by atomic mass is 35.5. The molecule has 0 saturated heterocycles. The predicted octanol–water partition coefficient (Wildman–Crippen LogP) is 2.09. The molecular formula is C11H12ClFN4. The minimum Gasteiger partial charge on any atom is -0.316 e. The summed E-state index contributed by atoms with van der Waals surface area (Å²) in [5.41, 5.74) is 1.44. The van der Waals surface area contributed by atoms with Gasteiger partial charge in [-0.15, -0.1) is 0 Å². The van der Waals surface area contributed by atoms with Crippen molar-refractivity contribution in [3.05, 3.63) is 40.6 Å². The number of aryl methyl sites for hydroxylation is 1. The lowest BCUT2D eigenvalue weighted by Crippen LogP contribution is -2.11. The first kappa shape index (κ1) is 12.0. The smallest absolute Gasteiger partial charge is 0.158 e. The Labute approximate surface area is 103 Å². The molecule has 0 unspecified atom stereocenters. The molecule has 6 heteroatoms. The van der Waals surface area contributed by atoms with Gasteiger partial charge in [0.1, 0.15) is 5.82 Å². The van der Waals surface area contributed by atoms with Gasteiger partial charge in [0.15, 0.2) is 5.82 Å². The summed E-state index contributed by atoms with van der Waals surface area (Å²) in [4.78, 5) is 4.05. The van der Waals surface area contributed by atoms with Gasteiger partial charge in [-0.2, -0.15) is 5.10 Å². The Kier molecular flexibility index (Phi) is 3.40. The Balaban J connectivity index is 2.50. The van der Waals surface area contributed by atoms with Gasteiger partial charge in [-0.1, -0.05) is 11.6 Å². The molecule has 0 fully saturated rings. The van der Waals surface area contributed by atoms with Crippen LogP contribution in [-0.2, 0) is 6.54 Å². The van der Waals surface area contributed by atoms with Gasteiger partial charge in [0, 0.05) is 12.1 Å². The molecular weight excluding hydrogens is 243 g/mol. The number of rotatable bonds is 3. The van der Waals surface area contributed by atoms with Crippen LogP contribution in [0.2, 0.25) is 5.02 Å². The van der Waals surface area contributed by atoms with E-state index in [2.05, 4.69) is 15.4 Å². The maximum Gasteiger partial charge on any atom is 0.158 e. The van der Waals surface area contributed by atoms with Crippen molar-refractivity contribution in [2.45, 2.75) is 13.5 Å². The summed E-state index contributed by atoms with van der Waals surface area (Å²) in [7, 11) is 1.79. The van der Waals surface area contributed by atoms with Gasteiger partial charge in [0.2, 0.25) is 0 Å². The number of nitrogens with one attached hydrogen (secondary N) is 1. The number of hydrogen-bond acceptors (Lipinski definition) is 3. The second-order valence-corrected chi connectivity index (χ2v) is 4.08. The minimum atomic E-state index is -0.367. The van der Waals surface area contributed by atoms with Crippen LogP contribution >= 0.6 is 11.6 Å². The van der Waals surface area contributed by atoms with Crippen LogP contribution < -0.4 is 5.32 Å². The van der Waals surface area contributed by atoms with E-state index in [-0.39, 0.29) is 5.82 Å². The lowest BCUT2D eigenvalue weighted by Gasteiger charge is -2.07. The molecule has 0 radical (unpaired) electrons. The van der Waals surface area contributed by atoms with Crippen molar-refractivity contribution in [3.8, 4) is 5.82 Å². The van der Waals surface area contributed by atoms with Crippen LogP contribution in [0.15, 0.2) is 18.5 Å². The topological polar surface area (TPSA) is 42.7 Å². The van der Waals surface area contributed by atoms with Gasteiger partial charge in [-0.3, -0.25) is 0 Å². The number of hydrogen-bond donors (Lipinski definition) is 1. The van der Waals surface area contributed by atoms with Gasteiger partial charge in [0.25, 0.3) is 0 Å². The van der Waals surface area contributed by atoms with Gasteiger partial charge in [0.05, 0.1) is 23.1 Å². The molecule has 0 spiro atoms. The molecule has 2 rings (SSSR count). The Bertz CT molecular complexity index is 519. The van der Waals surface area contributed by atoms with Crippen LogP contribution in [0.25, 0.3) is 5.82 Å². The normalized spacial score (nSPS) is 10.8. The first-order valence-electron chi connectivity index (χ1n) is 5.13. The Morgan fingerprint density at radius 3 is 2.88 bits per heavy atom. The van der Waals surface area contributed by atoms with E-state index in [1.807, 2.05) is 0 Å². The molecule has 0 aliphatic heterocycles. The van der Waals surface area contributed by atoms with E-state index in [0.29, 0.717) is 23.1 Å². The van der Waals surface area contributed by atoms with Gasteiger partial charge in [-0.25, -0.2) is 14.1 Å². The number of aromatic nitrogens is 3. The third-order valence-electron chi connectivity index (χ3n) is 2.33. The molecule has 17 heavy (non-hydrogen) atoms. The molecule has 0 saturated carbocycles. The van der Waals surface area contributed by atoms with E-state index in [1.165, 1.54) is 12.3 Å². The molecule has 1 N–H and O–H groups in total. The van der Waals surface area contributed by atoms with Crippen LogP contribution in [0.3, 0.4) is 0 Å². The summed E-state index contributed by atoms with van der Waals surface area (Å²) in [6.07, 6.45) is 2.83. The summed E-state index contributed by atoms with van der Waals surface area (Å²) in [6.45, 7) is 2.32. The SMILES string of the molecule is CNCc1cc(F)cnc1-n1cc(Cl)c(C)n1. The summed E-state index contributed by atoms with van der Waals surface area (Å²) in [5, 5.41) is 7.75. The molecule has 4 nitrogen and oxygen atoms in total. The van der Waals surface area contributed by atoms with Crippen LogP contribution in [0.1, 0.15) is 11.3 Å². The first-order chi connectivity index (χ1) is 8.11. The van der Waals surface area contributed by atoms with E-state index in [4.69, 9.17) is 11.6 Å². The molecule has 2 heterocycles. The maximum absolute atomic E-state index is 13.1. The van der Waals surface area contributed by atoms with Crippen LogP contribution in [-0.4, -0.2) is 21.8 Å². The van der Waals surface area contributed by atoms with Crippen molar-refractivity contribution in [3.63, 3.8) is 0 Å². The van der Waals surface area contributed by atoms with Gasteiger partial charge >= 0.3 is 0 Å².